The van der Waals surface area contributed by atoms with Crippen molar-refractivity contribution < 1.29 is 9.84 Å². The summed E-state index contributed by atoms with van der Waals surface area (Å²) in [7, 11) is 0. The van der Waals surface area contributed by atoms with Crippen molar-refractivity contribution in [3.8, 4) is 0 Å². The van der Waals surface area contributed by atoms with Gasteiger partial charge in [-0.3, -0.25) is 0 Å². The van der Waals surface area contributed by atoms with E-state index >= 15 is 0 Å². The summed E-state index contributed by atoms with van der Waals surface area (Å²) in [5.41, 5.74) is 0.867. The molecule has 1 fully saturated rings. The number of hydrogen-bond donors (Lipinski definition) is 1. The van der Waals surface area contributed by atoms with E-state index in [2.05, 4.69) is 9.97 Å². The second-order valence-electron chi connectivity index (χ2n) is 3.16. The van der Waals surface area contributed by atoms with Crippen molar-refractivity contribution in [2.24, 2.45) is 5.92 Å². The Balaban J connectivity index is 2.16. The second-order valence-corrected chi connectivity index (χ2v) is 3.16. The van der Waals surface area contributed by atoms with Gasteiger partial charge in [0.2, 0.25) is 0 Å². The molecule has 1 N–H and O–H groups in total. The van der Waals surface area contributed by atoms with Crippen molar-refractivity contribution in [1.82, 2.24) is 9.97 Å². The maximum atomic E-state index is 9.07. The molecule has 0 aliphatic carbocycles. The van der Waals surface area contributed by atoms with Gasteiger partial charge in [0, 0.05) is 25.3 Å². The highest BCUT2D eigenvalue weighted by atomic mass is 16.5. The molecule has 2 rings (SSSR count). The van der Waals surface area contributed by atoms with Crippen LogP contribution in [0.25, 0.3) is 0 Å². The summed E-state index contributed by atoms with van der Waals surface area (Å²) in [5.74, 6) is 0.190. The largest absolute Gasteiger partial charge is 0.396 e. The van der Waals surface area contributed by atoms with E-state index in [9.17, 15) is 0 Å². The Kier molecular flexibility index (Phi) is 2.52. The molecular formula is C9H12N2O2. The molecule has 1 aromatic rings. The predicted octanol–water partition coefficient (Wildman–Crippen LogP) is 0.546. The van der Waals surface area contributed by atoms with E-state index in [0.717, 1.165) is 12.1 Å². The summed E-state index contributed by atoms with van der Waals surface area (Å²) in [6, 6.07) is 1.83. The Morgan fingerprint density at radius 3 is 3.23 bits per heavy atom. The van der Waals surface area contributed by atoms with Crippen molar-refractivity contribution in [2.45, 2.75) is 12.5 Å². The molecule has 2 heterocycles. The molecule has 4 heteroatoms. The topological polar surface area (TPSA) is 55.2 Å². The zero-order chi connectivity index (χ0) is 9.10. The van der Waals surface area contributed by atoms with E-state index in [1.807, 2.05) is 6.07 Å². The summed E-state index contributed by atoms with van der Waals surface area (Å²) in [5, 5.41) is 9.07. The molecule has 0 radical (unpaired) electrons. The molecule has 2 unspecified atom stereocenters. The lowest BCUT2D eigenvalue weighted by molar-refractivity contribution is 0.0688. The maximum Gasteiger partial charge on any atom is 0.115 e. The van der Waals surface area contributed by atoms with Gasteiger partial charge >= 0.3 is 0 Å². The van der Waals surface area contributed by atoms with Crippen LogP contribution in [0.5, 0.6) is 0 Å². The fourth-order valence-electron chi connectivity index (χ4n) is 1.62. The fourth-order valence-corrected chi connectivity index (χ4v) is 1.62. The van der Waals surface area contributed by atoms with Crippen LogP contribution in [0.4, 0.5) is 0 Å². The molecule has 0 aromatic carbocycles. The van der Waals surface area contributed by atoms with Crippen molar-refractivity contribution in [2.75, 3.05) is 13.2 Å². The van der Waals surface area contributed by atoms with Gasteiger partial charge in [0.15, 0.2) is 0 Å². The van der Waals surface area contributed by atoms with Gasteiger partial charge in [-0.2, -0.15) is 0 Å². The SMILES string of the molecule is OCC1CCOC1c1ccncn1. The standard InChI is InChI=1S/C9H12N2O2/c12-5-7-2-4-13-9(7)8-1-3-10-6-11-8/h1,3,6-7,9,12H,2,4-5H2. The Morgan fingerprint density at radius 2 is 2.54 bits per heavy atom. The number of nitrogens with zero attached hydrogens (tertiary/aromatic N) is 2. The van der Waals surface area contributed by atoms with Gasteiger partial charge < -0.3 is 9.84 Å². The third-order valence-electron chi connectivity index (χ3n) is 2.35. The van der Waals surface area contributed by atoms with Crippen LogP contribution >= 0.6 is 0 Å². The second kappa shape index (κ2) is 3.81. The lowest BCUT2D eigenvalue weighted by atomic mass is 10.0. The molecule has 0 bridgehead atoms. The van der Waals surface area contributed by atoms with Gasteiger partial charge in [0.05, 0.1) is 5.69 Å². The molecular weight excluding hydrogens is 168 g/mol. The lowest BCUT2D eigenvalue weighted by Gasteiger charge is -2.14. The average Bonchev–Trinajstić information content (AvgIpc) is 2.67. The maximum absolute atomic E-state index is 9.07. The zero-order valence-electron chi connectivity index (χ0n) is 7.26. The summed E-state index contributed by atoms with van der Waals surface area (Å²) in [4.78, 5) is 7.95. The Bertz CT molecular complexity index is 266. The van der Waals surface area contributed by atoms with E-state index in [4.69, 9.17) is 9.84 Å². The first-order valence-corrected chi connectivity index (χ1v) is 4.40. The molecule has 0 spiro atoms. The minimum absolute atomic E-state index is 0.0481. The number of hydrogen-bond acceptors (Lipinski definition) is 4. The van der Waals surface area contributed by atoms with Crippen LogP contribution < -0.4 is 0 Å². The molecule has 1 aliphatic rings. The Morgan fingerprint density at radius 1 is 1.62 bits per heavy atom. The molecule has 0 amide bonds. The van der Waals surface area contributed by atoms with Gasteiger partial charge in [-0.05, 0) is 12.5 Å². The van der Waals surface area contributed by atoms with E-state index in [1.54, 1.807) is 6.20 Å². The van der Waals surface area contributed by atoms with Crippen molar-refractivity contribution >= 4 is 0 Å². The number of ether oxygens (including phenoxy) is 1. The first-order chi connectivity index (χ1) is 6.42. The van der Waals surface area contributed by atoms with Crippen LogP contribution in [-0.4, -0.2) is 28.3 Å². The molecule has 1 aliphatic heterocycles. The third kappa shape index (κ3) is 1.68. The summed E-state index contributed by atoms with van der Waals surface area (Å²) in [6.07, 6.45) is 4.06. The lowest BCUT2D eigenvalue weighted by Crippen LogP contribution is -2.12. The highest BCUT2D eigenvalue weighted by Gasteiger charge is 2.29. The average molecular weight is 180 g/mol. The van der Waals surface area contributed by atoms with E-state index in [-0.39, 0.29) is 18.6 Å². The molecule has 13 heavy (non-hydrogen) atoms. The summed E-state index contributed by atoms with van der Waals surface area (Å²) < 4.78 is 5.49. The molecule has 1 saturated heterocycles. The number of aromatic nitrogens is 2. The van der Waals surface area contributed by atoms with Gasteiger partial charge in [0.1, 0.15) is 12.4 Å². The van der Waals surface area contributed by atoms with Crippen molar-refractivity contribution in [1.29, 1.82) is 0 Å². The van der Waals surface area contributed by atoms with Crippen LogP contribution in [0.3, 0.4) is 0 Å². The van der Waals surface area contributed by atoms with E-state index in [1.165, 1.54) is 6.33 Å². The van der Waals surface area contributed by atoms with Gasteiger partial charge in [-0.1, -0.05) is 0 Å². The van der Waals surface area contributed by atoms with E-state index < -0.39 is 0 Å². The Labute approximate surface area is 76.6 Å². The van der Waals surface area contributed by atoms with Crippen LogP contribution in [0.1, 0.15) is 18.2 Å². The molecule has 70 valence electrons. The minimum Gasteiger partial charge on any atom is -0.396 e. The zero-order valence-corrected chi connectivity index (χ0v) is 7.26. The molecule has 0 saturated carbocycles. The first kappa shape index (κ1) is 8.59. The molecule has 2 atom stereocenters. The monoisotopic (exact) mass is 180 g/mol. The number of aliphatic hydroxyl groups excluding tert-OH is 1. The van der Waals surface area contributed by atoms with Gasteiger partial charge in [-0.15, -0.1) is 0 Å². The predicted molar refractivity (Wildman–Crippen MR) is 45.9 cm³/mol. The van der Waals surface area contributed by atoms with Crippen molar-refractivity contribution in [3.63, 3.8) is 0 Å². The highest BCUT2D eigenvalue weighted by molar-refractivity contribution is 5.05. The van der Waals surface area contributed by atoms with Crippen molar-refractivity contribution in [3.05, 3.63) is 24.3 Å². The quantitative estimate of drug-likeness (QED) is 0.722. The number of aliphatic hydroxyl groups is 1. The number of rotatable bonds is 2. The highest BCUT2D eigenvalue weighted by Crippen LogP contribution is 2.32. The summed E-state index contributed by atoms with van der Waals surface area (Å²) >= 11 is 0. The molecule has 1 aromatic heterocycles. The van der Waals surface area contributed by atoms with E-state index in [0.29, 0.717) is 6.61 Å². The fraction of sp³-hybridized carbons (Fsp3) is 0.556. The first-order valence-electron chi connectivity index (χ1n) is 4.40. The summed E-state index contributed by atoms with van der Waals surface area (Å²) in [6.45, 7) is 0.870. The van der Waals surface area contributed by atoms with Crippen LogP contribution in [-0.2, 0) is 4.74 Å². The minimum atomic E-state index is -0.0481. The Hall–Kier alpha value is -1.00. The van der Waals surface area contributed by atoms with Gasteiger partial charge in [0.25, 0.3) is 0 Å². The van der Waals surface area contributed by atoms with Crippen LogP contribution in [0.15, 0.2) is 18.6 Å². The van der Waals surface area contributed by atoms with Crippen LogP contribution in [0, 0.1) is 5.92 Å². The molecule has 4 nitrogen and oxygen atoms in total. The van der Waals surface area contributed by atoms with Crippen LogP contribution in [0.2, 0.25) is 0 Å². The third-order valence-corrected chi connectivity index (χ3v) is 2.35. The normalized spacial score (nSPS) is 27.8. The smallest absolute Gasteiger partial charge is 0.115 e. The van der Waals surface area contributed by atoms with Gasteiger partial charge in [-0.25, -0.2) is 9.97 Å².